The number of rotatable bonds is 3. The van der Waals surface area contributed by atoms with Crippen LogP contribution in [0.25, 0.3) is 0 Å². The number of ether oxygens (including phenoxy) is 1. The third-order valence-electron chi connectivity index (χ3n) is 5.78. The van der Waals surface area contributed by atoms with Gasteiger partial charge in [0.2, 0.25) is 0 Å². The molecule has 0 aliphatic carbocycles. The lowest BCUT2D eigenvalue weighted by Crippen LogP contribution is -2.32. The average molecular weight is 388 g/mol. The van der Waals surface area contributed by atoms with Crippen molar-refractivity contribution in [1.82, 2.24) is 9.80 Å². The number of fused-ring (bicyclic) bond motifs is 2. The highest BCUT2D eigenvalue weighted by molar-refractivity contribution is 5.93. The van der Waals surface area contributed by atoms with Gasteiger partial charge in [0.15, 0.2) is 0 Å². The Morgan fingerprint density at radius 3 is 2.72 bits per heavy atom. The number of amides is 1. The zero-order valence-corrected chi connectivity index (χ0v) is 16.3. The topological polar surface area (TPSA) is 45.9 Å². The molecule has 0 fully saturated rings. The zero-order chi connectivity index (χ0) is 19.6. The van der Waals surface area contributed by atoms with Gasteiger partial charge in [-0.05, 0) is 41.3 Å². The summed E-state index contributed by atoms with van der Waals surface area (Å²) in [6.45, 7) is 4.56. The van der Waals surface area contributed by atoms with Crippen LogP contribution in [0.4, 0.5) is 0 Å². The van der Waals surface area contributed by atoms with E-state index in [4.69, 9.17) is 9.15 Å². The maximum atomic E-state index is 12.7. The lowest BCUT2D eigenvalue weighted by molar-refractivity contribution is 0.0732. The van der Waals surface area contributed by atoms with Crippen molar-refractivity contribution < 1.29 is 13.9 Å². The molecule has 0 N–H and O–H groups in total. The molecule has 1 aromatic heterocycles. The van der Waals surface area contributed by atoms with E-state index in [0.29, 0.717) is 25.3 Å². The second kappa shape index (κ2) is 7.76. The smallest absolute Gasteiger partial charge is 0.257 e. The Bertz CT molecular complexity index is 1010. The number of benzene rings is 2. The SMILES string of the molecule is O=C(c1ccoc1)N1CCOc2ccc(CN3CCc4ccccc4C3)cc2C1. The minimum atomic E-state index is -0.0201. The number of carbonyl (C=O) groups is 1. The first-order valence-electron chi connectivity index (χ1n) is 10.1. The largest absolute Gasteiger partial charge is 0.491 e. The maximum Gasteiger partial charge on any atom is 0.257 e. The summed E-state index contributed by atoms with van der Waals surface area (Å²) < 4.78 is 11.0. The van der Waals surface area contributed by atoms with Crippen molar-refractivity contribution >= 4 is 5.91 Å². The van der Waals surface area contributed by atoms with Crippen LogP contribution in [0.1, 0.15) is 32.6 Å². The Hall–Kier alpha value is -3.05. The van der Waals surface area contributed by atoms with Crippen molar-refractivity contribution in [1.29, 1.82) is 0 Å². The summed E-state index contributed by atoms with van der Waals surface area (Å²) in [5, 5.41) is 0. The van der Waals surface area contributed by atoms with E-state index in [-0.39, 0.29) is 5.91 Å². The third kappa shape index (κ3) is 3.78. The Kier molecular flexibility index (Phi) is 4.82. The van der Waals surface area contributed by atoms with Gasteiger partial charge >= 0.3 is 0 Å². The summed E-state index contributed by atoms with van der Waals surface area (Å²) in [5.41, 5.74) is 5.79. The van der Waals surface area contributed by atoms with E-state index >= 15 is 0 Å². The molecule has 2 aliphatic rings. The highest BCUT2D eigenvalue weighted by atomic mass is 16.5. The fourth-order valence-corrected chi connectivity index (χ4v) is 4.24. The molecule has 5 rings (SSSR count). The van der Waals surface area contributed by atoms with Crippen molar-refractivity contribution in [3.05, 3.63) is 88.9 Å². The molecule has 0 saturated carbocycles. The molecule has 3 heterocycles. The van der Waals surface area contributed by atoms with Gasteiger partial charge in [-0.2, -0.15) is 0 Å². The van der Waals surface area contributed by atoms with Gasteiger partial charge < -0.3 is 14.1 Å². The number of hydrogen-bond donors (Lipinski definition) is 0. The van der Waals surface area contributed by atoms with E-state index in [1.54, 1.807) is 6.07 Å². The molecule has 0 spiro atoms. The van der Waals surface area contributed by atoms with Gasteiger partial charge in [-0.25, -0.2) is 0 Å². The van der Waals surface area contributed by atoms with Gasteiger partial charge in [0, 0.05) is 31.7 Å². The first-order valence-corrected chi connectivity index (χ1v) is 10.1. The monoisotopic (exact) mass is 388 g/mol. The van der Waals surface area contributed by atoms with Gasteiger partial charge in [0.05, 0.1) is 18.4 Å². The molecule has 29 heavy (non-hydrogen) atoms. The molecule has 0 unspecified atom stereocenters. The lowest BCUT2D eigenvalue weighted by Gasteiger charge is -2.29. The number of nitrogens with zero attached hydrogens (tertiary/aromatic N) is 2. The minimum Gasteiger partial charge on any atom is -0.491 e. The van der Waals surface area contributed by atoms with Crippen LogP contribution >= 0.6 is 0 Å². The summed E-state index contributed by atoms with van der Waals surface area (Å²) in [4.78, 5) is 17.1. The molecule has 5 nitrogen and oxygen atoms in total. The van der Waals surface area contributed by atoms with Crippen LogP contribution in [0.2, 0.25) is 0 Å². The highest BCUT2D eigenvalue weighted by Crippen LogP contribution is 2.27. The van der Waals surface area contributed by atoms with Gasteiger partial charge in [0.25, 0.3) is 5.91 Å². The molecule has 148 valence electrons. The molecule has 2 aromatic carbocycles. The predicted molar refractivity (Wildman–Crippen MR) is 110 cm³/mol. The van der Waals surface area contributed by atoms with Gasteiger partial charge in [-0.1, -0.05) is 30.3 Å². The van der Waals surface area contributed by atoms with E-state index in [2.05, 4.69) is 41.3 Å². The molecule has 3 aromatic rings. The Labute approximate surface area is 170 Å². The van der Waals surface area contributed by atoms with Gasteiger partial charge in [0.1, 0.15) is 18.6 Å². The van der Waals surface area contributed by atoms with Crippen LogP contribution in [0, 0.1) is 0 Å². The third-order valence-corrected chi connectivity index (χ3v) is 5.78. The first-order chi connectivity index (χ1) is 14.3. The van der Waals surface area contributed by atoms with Crippen molar-refractivity contribution in [3.63, 3.8) is 0 Å². The van der Waals surface area contributed by atoms with Crippen molar-refractivity contribution in [3.8, 4) is 5.75 Å². The van der Waals surface area contributed by atoms with Crippen LogP contribution in [0.15, 0.2) is 65.5 Å². The van der Waals surface area contributed by atoms with E-state index in [1.165, 1.54) is 29.2 Å². The molecule has 0 radical (unpaired) electrons. The van der Waals surface area contributed by atoms with E-state index < -0.39 is 0 Å². The van der Waals surface area contributed by atoms with Crippen molar-refractivity contribution in [2.45, 2.75) is 26.1 Å². The van der Waals surface area contributed by atoms with Crippen LogP contribution < -0.4 is 4.74 Å². The second-order valence-corrected chi connectivity index (χ2v) is 7.76. The summed E-state index contributed by atoms with van der Waals surface area (Å²) in [7, 11) is 0. The van der Waals surface area contributed by atoms with Crippen LogP contribution in [0.3, 0.4) is 0 Å². The Balaban J connectivity index is 1.32. The van der Waals surface area contributed by atoms with Crippen LogP contribution in [-0.4, -0.2) is 35.4 Å². The predicted octanol–water partition coefficient (Wildman–Crippen LogP) is 3.87. The summed E-state index contributed by atoms with van der Waals surface area (Å²) in [6.07, 6.45) is 4.13. The molecule has 2 aliphatic heterocycles. The normalized spacial score (nSPS) is 16.5. The zero-order valence-electron chi connectivity index (χ0n) is 16.3. The maximum absolute atomic E-state index is 12.7. The number of furan rings is 1. The summed E-state index contributed by atoms with van der Waals surface area (Å²) in [5.74, 6) is 0.855. The van der Waals surface area contributed by atoms with Crippen LogP contribution in [-0.2, 0) is 26.1 Å². The second-order valence-electron chi connectivity index (χ2n) is 7.76. The fourth-order valence-electron chi connectivity index (χ4n) is 4.24. The molecule has 5 heteroatoms. The number of carbonyl (C=O) groups excluding carboxylic acids is 1. The lowest BCUT2D eigenvalue weighted by atomic mass is 9.99. The highest BCUT2D eigenvalue weighted by Gasteiger charge is 2.22. The molecule has 1 amide bonds. The van der Waals surface area contributed by atoms with E-state index in [1.807, 2.05) is 11.0 Å². The first kappa shape index (κ1) is 18.0. The summed E-state index contributed by atoms with van der Waals surface area (Å²) in [6, 6.07) is 16.8. The standard InChI is InChI=1S/C24H24N2O3/c27-24(21-8-11-28-17-21)26-10-12-29-23-6-5-18(13-22(23)16-26)14-25-9-7-19-3-1-2-4-20(19)15-25/h1-6,8,11,13,17H,7,9-10,12,14-16H2. The molecule has 0 atom stereocenters. The van der Waals surface area contributed by atoms with Gasteiger partial charge in [-0.3, -0.25) is 9.69 Å². The molecular formula is C24H24N2O3. The van der Waals surface area contributed by atoms with Crippen LogP contribution in [0.5, 0.6) is 5.75 Å². The van der Waals surface area contributed by atoms with Crippen molar-refractivity contribution in [2.75, 3.05) is 19.7 Å². The number of hydrogen-bond acceptors (Lipinski definition) is 4. The average Bonchev–Trinajstić information content (AvgIpc) is 3.20. The van der Waals surface area contributed by atoms with E-state index in [0.717, 1.165) is 37.4 Å². The molecular weight excluding hydrogens is 364 g/mol. The molecule has 0 saturated heterocycles. The fraction of sp³-hybridized carbons (Fsp3) is 0.292. The quantitative estimate of drug-likeness (QED) is 0.683. The summed E-state index contributed by atoms with van der Waals surface area (Å²) >= 11 is 0. The van der Waals surface area contributed by atoms with Crippen molar-refractivity contribution in [2.24, 2.45) is 0 Å². The van der Waals surface area contributed by atoms with E-state index in [9.17, 15) is 4.79 Å². The minimum absolute atomic E-state index is 0.0201. The molecule has 0 bridgehead atoms. The van der Waals surface area contributed by atoms with Gasteiger partial charge in [-0.15, -0.1) is 0 Å². The Morgan fingerprint density at radius 2 is 1.86 bits per heavy atom. The Morgan fingerprint density at radius 1 is 0.966 bits per heavy atom.